The third-order valence-electron chi connectivity index (χ3n) is 3.89. The minimum atomic E-state index is -0.0973. The van der Waals surface area contributed by atoms with Crippen LogP contribution in [0.5, 0.6) is 0 Å². The van der Waals surface area contributed by atoms with Crippen molar-refractivity contribution in [2.24, 2.45) is 17.1 Å². The molecular formula is C14H27N3O2. The quantitative estimate of drug-likeness (QED) is 0.715. The van der Waals surface area contributed by atoms with E-state index in [-0.39, 0.29) is 23.8 Å². The predicted molar refractivity (Wildman–Crippen MR) is 75.4 cm³/mol. The lowest BCUT2D eigenvalue weighted by molar-refractivity contribution is -0.137. The van der Waals surface area contributed by atoms with Crippen molar-refractivity contribution in [1.82, 2.24) is 10.2 Å². The molecule has 0 saturated heterocycles. The summed E-state index contributed by atoms with van der Waals surface area (Å²) in [4.78, 5) is 25.2. The van der Waals surface area contributed by atoms with Gasteiger partial charge in [-0.3, -0.25) is 9.59 Å². The van der Waals surface area contributed by atoms with Gasteiger partial charge in [-0.15, -0.1) is 0 Å². The van der Waals surface area contributed by atoms with E-state index < -0.39 is 0 Å². The number of nitrogens with two attached hydrogens (primary N) is 1. The Labute approximate surface area is 115 Å². The van der Waals surface area contributed by atoms with Gasteiger partial charge in [-0.1, -0.05) is 20.3 Å². The lowest BCUT2D eigenvalue weighted by Crippen LogP contribution is -2.45. The summed E-state index contributed by atoms with van der Waals surface area (Å²) in [7, 11) is 1.68. The Hall–Kier alpha value is -1.10. The lowest BCUT2D eigenvalue weighted by Gasteiger charge is -2.41. The molecule has 0 aromatic carbocycles. The first-order chi connectivity index (χ1) is 8.88. The average Bonchev–Trinajstić information content (AvgIpc) is 2.30. The average molecular weight is 269 g/mol. The topological polar surface area (TPSA) is 75.4 Å². The summed E-state index contributed by atoms with van der Waals surface area (Å²) >= 11 is 0. The maximum atomic E-state index is 12.1. The number of nitrogens with one attached hydrogen (secondary N) is 1. The van der Waals surface area contributed by atoms with Crippen LogP contribution >= 0.6 is 0 Å². The van der Waals surface area contributed by atoms with Crippen molar-refractivity contribution in [3.05, 3.63) is 0 Å². The molecule has 2 amide bonds. The largest absolute Gasteiger partial charge is 0.354 e. The fourth-order valence-corrected chi connectivity index (χ4v) is 2.26. The van der Waals surface area contributed by atoms with Gasteiger partial charge in [0.1, 0.15) is 0 Å². The number of amides is 2. The van der Waals surface area contributed by atoms with Crippen LogP contribution in [0, 0.1) is 11.3 Å². The Morgan fingerprint density at radius 3 is 2.42 bits per heavy atom. The summed E-state index contributed by atoms with van der Waals surface area (Å²) in [6, 6.07) is 0. The van der Waals surface area contributed by atoms with Crippen LogP contribution in [-0.2, 0) is 9.59 Å². The minimum absolute atomic E-state index is 0.000246. The molecule has 1 aliphatic carbocycles. The van der Waals surface area contributed by atoms with E-state index in [0.717, 1.165) is 19.3 Å². The van der Waals surface area contributed by atoms with Crippen molar-refractivity contribution < 1.29 is 9.59 Å². The third-order valence-corrected chi connectivity index (χ3v) is 3.89. The Morgan fingerprint density at radius 2 is 2.00 bits per heavy atom. The number of nitrogens with zero attached hydrogens (tertiary/aromatic N) is 1. The number of hydrogen-bond donors (Lipinski definition) is 2. The maximum Gasteiger partial charge on any atom is 0.239 e. The van der Waals surface area contributed by atoms with Crippen LogP contribution < -0.4 is 11.1 Å². The lowest BCUT2D eigenvalue weighted by atomic mass is 9.66. The summed E-state index contributed by atoms with van der Waals surface area (Å²) in [5.74, 6) is 0.338. The zero-order valence-electron chi connectivity index (χ0n) is 12.4. The molecule has 19 heavy (non-hydrogen) atoms. The molecule has 3 N–H and O–H groups in total. The van der Waals surface area contributed by atoms with E-state index in [1.807, 2.05) is 13.8 Å². The fourth-order valence-electron chi connectivity index (χ4n) is 2.26. The summed E-state index contributed by atoms with van der Waals surface area (Å²) in [5, 5.41) is 2.82. The minimum Gasteiger partial charge on any atom is -0.354 e. The zero-order valence-corrected chi connectivity index (χ0v) is 12.4. The molecule has 0 atom stereocenters. The summed E-state index contributed by atoms with van der Waals surface area (Å²) in [5.41, 5.74) is 5.75. The second kappa shape index (κ2) is 6.89. The second-order valence-corrected chi connectivity index (χ2v) is 6.18. The zero-order chi connectivity index (χ0) is 14.5. The Bertz CT molecular complexity index is 319. The first kappa shape index (κ1) is 16.0. The van der Waals surface area contributed by atoms with Crippen LogP contribution in [-0.4, -0.2) is 43.4 Å². The van der Waals surface area contributed by atoms with Gasteiger partial charge in [-0.05, 0) is 30.7 Å². The van der Waals surface area contributed by atoms with Gasteiger partial charge in [-0.2, -0.15) is 0 Å². The fraction of sp³-hybridized carbons (Fsp3) is 0.857. The molecule has 0 aromatic rings. The number of rotatable bonds is 7. The van der Waals surface area contributed by atoms with Crippen LogP contribution in [0.2, 0.25) is 0 Å². The van der Waals surface area contributed by atoms with Crippen molar-refractivity contribution in [3.63, 3.8) is 0 Å². The first-order valence-corrected chi connectivity index (χ1v) is 7.09. The molecule has 1 saturated carbocycles. The third kappa shape index (κ3) is 4.82. The monoisotopic (exact) mass is 269 g/mol. The number of carbonyl (C=O) groups excluding carboxylic acids is 2. The van der Waals surface area contributed by atoms with Crippen molar-refractivity contribution in [3.8, 4) is 0 Å². The van der Waals surface area contributed by atoms with Crippen LogP contribution in [0.1, 0.15) is 39.5 Å². The van der Waals surface area contributed by atoms with Crippen LogP contribution in [0.25, 0.3) is 0 Å². The molecule has 0 unspecified atom stereocenters. The molecule has 0 heterocycles. The summed E-state index contributed by atoms with van der Waals surface area (Å²) in [6.45, 7) is 5.42. The molecule has 5 nitrogen and oxygen atoms in total. The summed E-state index contributed by atoms with van der Waals surface area (Å²) in [6.07, 6.45) is 3.69. The van der Waals surface area contributed by atoms with E-state index >= 15 is 0 Å². The van der Waals surface area contributed by atoms with E-state index in [0.29, 0.717) is 25.4 Å². The number of hydrogen-bond acceptors (Lipinski definition) is 3. The molecule has 1 fully saturated rings. The SMILES string of the molecule is CC(C)CNC(=O)CN(C)C(=O)CC1(CN)CCC1. The highest BCUT2D eigenvalue weighted by Gasteiger charge is 2.38. The molecule has 1 rings (SSSR count). The van der Waals surface area contributed by atoms with Gasteiger partial charge in [0.15, 0.2) is 0 Å². The van der Waals surface area contributed by atoms with Gasteiger partial charge in [0.05, 0.1) is 6.54 Å². The summed E-state index contributed by atoms with van der Waals surface area (Å²) < 4.78 is 0. The Morgan fingerprint density at radius 1 is 1.37 bits per heavy atom. The van der Waals surface area contributed by atoms with Gasteiger partial charge in [0.2, 0.25) is 11.8 Å². The smallest absolute Gasteiger partial charge is 0.239 e. The Kier molecular flexibility index (Phi) is 5.79. The Balaban J connectivity index is 2.34. The van der Waals surface area contributed by atoms with Crippen molar-refractivity contribution in [1.29, 1.82) is 0 Å². The van der Waals surface area contributed by atoms with E-state index in [4.69, 9.17) is 5.73 Å². The van der Waals surface area contributed by atoms with Gasteiger partial charge >= 0.3 is 0 Å². The molecule has 0 bridgehead atoms. The first-order valence-electron chi connectivity index (χ1n) is 7.09. The van der Waals surface area contributed by atoms with Crippen molar-refractivity contribution in [2.45, 2.75) is 39.5 Å². The molecule has 0 aromatic heterocycles. The van der Waals surface area contributed by atoms with E-state index in [1.54, 1.807) is 7.05 Å². The highest BCUT2D eigenvalue weighted by molar-refractivity contribution is 5.84. The van der Waals surface area contributed by atoms with Crippen molar-refractivity contribution >= 4 is 11.8 Å². The molecular weight excluding hydrogens is 242 g/mol. The maximum absolute atomic E-state index is 12.1. The standard InChI is InChI=1S/C14H27N3O2/c1-11(2)8-16-12(18)9-17(3)13(19)7-14(10-15)5-4-6-14/h11H,4-10,15H2,1-3H3,(H,16,18). The highest BCUT2D eigenvalue weighted by atomic mass is 16.2. The number of likely N-dealkylation sites (N-methyl/N-ethyl adjacent to an activating group) is 1. The van der Waals surface area contributed by atoms with Crippen LogP contribution in [0.3, 0.4) is 0 Å². The molecule has 110 valence electrons. The van der Waals surface area contributed by atoms with E-state index in [1.165, 1.54) is 4.90 Å². The van der Waals surface area contributed by atoms with Crippen molar-refractivity contribution in [2.75, 3.05) is 26.7 Å². The van der Waals surface area contributed by atoms with Crippen LogP contribution in [0.4, 0.5) is 0 Å². The molecule has 1 aliphatic rings. The van der Waals surface area contributed by atoms with Gasteiger partial charge < -0.3 is 16.0 Å². The number of carbonyl (C=O) groups is 2. The van der Waals surface area contributed by atoms with Gasteiger partial charge in [0, 0.05) is 20.0 Å². The van der Waals surface area contributed by atoms with E-state index in [9.17, 15) is 9.59 Å². The molecule has 0 aliphatic heterocycles. The van der Waals surface area contributed by atoms with Gasteiger partial charge in [-0.25, -0.2) is 0 Å². The highest BCUT2D eigenvalue weighted by Crippen LogP contribution is 2.43. The molecule has 0 radical (unpaired) electrons. The second-order valence-electron chi connectivity index (χ2n) is 6.18. The van der Waals surface area contributed by atoms with Crippen LogP contribution in [0.15, 0.2) is 0 Å². The molecule has 5 heteroatoms. The normalized spacial score (nSPS) is 16.9. The van der Waals surface area contributed by atoms with Gasteiger partial charge in [0.25, 0.3) is 0 Å². The van der Waals surface area contributed by atoms with E-state index in [2.05, 4.69) is 5.32 Å². The predicted octanol–water partition coefficient (Wildman–Crippen LogP) is 0.736. The molecule has 0 spiro atoms.